The minimum atomic E-state index is -4.35. The summed E-state index contributed by atoms with van der Waals surface area (Å²) in [7, 11) is -4.35. The Balaban J connectivity index is 1.31. The SMILES string of the molecule is CCCCCCCCCCCCCCOc1cccc(OP(=O)(O)Oc2ccc(C[n+]3csc(C)c3)cc2)c1. The van der Waals surface area contributed by atoms with Gasteiger partial charge in [0.2, 0.25) is 5.51 Å². The number of hydrogen-bond donors (Lipinski definition) is 1. The molecule has 1 aromatic heterocycles. The molecule has 1 N–H and O–H groups in total. The highest BCUT2D eigenvalue weighted by Crippen LogP contribution is 2.44. The Morgan fingerprint density at radius 2 is 1.38 bits per heavy atom. The van der Waals surface area contributed by atoms with E-state index in [1.807, 2.05) is 18.2 Å². The van der Waals surface area contributed by atoms with Crippen LogP contribution in [0.5, 0.6) is 17.2 Å². The van der Waals surface area contributed by atoms with Crippen molar-refractivity contribution >= 4 is 19.2 Å². The molecule has 0 bridgehead atoms. The molecule has 0 saturated heterocycles. The lowest BCUT2D eigenvalue weighted by atomic mass is 10.1. The van der Waals surface area contributed by atoms with Crippen LogP contribution in [0.4, 0.5) is 0 Å². The van der Waals surface area contributed by atoms with Gasteiger partial charge in [0.1, 0.15) is 17.2 Å². The second-order valence-corrected chi connectivity index (χ2v) is 12.5. The van der Waals surface area contributed by atoms with Crippen LogP contribution in [0.25, 0.3) is 0 Å². The maximum absolute atomic E-state index is 12.6. The van der Waals surface area contributed by atoms with Crippen LogP contribution in [0.1, 0.15) is 94.4 Å². The van der Waals surface area contributed by atoms with E-state index in [2.05, 4.69) is 30.1 Å². The van der Waals surface area contributed by atoms with Crippen molar-refractivity contribution in [3.05, 3.63) is 70.7 Å². The van der Waals surface area contributed by atoms with Gasteiger partial charge in [0, 0.05) is 11.6 Å². The Morgan fingerprint density at radius 3 is 2.00 bits per heavy atom. The number of hydrogen-bond acceptors (Lipinski definition) is 5. The molecule has 8 heteroatoms. The summed E-state index contributed by atoms with van der Waals surface area (Å²) in [4.78, 5) is 11.5. The van der Waals surface area contributed by atoms with Crippen LogP contribution in [0, 0.1) is 6.92 Å². The first-order chi connectivity index (χ1) is 18.9. The van der Waals surface area contributed by atoms with Crippen molar-refractivity contribution < 1.29 is 27.8 Å². The normalized spacial score (nSPS) is 12.7. The molecule has 0 fully saturated rings. The predicted molar refractivity (Wildman–Crippen MR) is 159 cm³/mol. The summed E-state index contributed by atoms with van der Waals surface area (Å²) in [5.41, 5.74) is 3.13. The Hall–Kier alpha value is -2.34. The Bertz CT molecular complexity index is 1130. The third kappa shape index (κ3) is 13.0. The van der Waals surface area contributed by atoms with E-state index in [0.717, 1.165) is 24.9 Å². The number of ether oxygens (including phenoxy) is 1. The standard InChI is InChI=1S/C31H44NO5PS/c1-3-4-5-6-7-8-9-10-11-12-13-14-22-35-30-16-15-17-31(23-30)37-38(33,34)36-29-20-18-28(19-21-29)25-32-24-27(2)39-26-32/h15-21,23-24,26H,3-14,22,25H2,1-2H3/p+1. The minimum absolute atomic E-state index is 0.230. The molecular weight excluding hydrogens is 529 g/mol. The average molecular weight is 575 g/mol. The molecule has 0 saturated carbocycles. The quantitative estimate of drug-likeness (QED) is 0.0828. The zero-order valence-electron chi connectivity index (χ0n) is 23.6. The molecule has 0 radical (unpaired) electrons. The molecule has 39 heavy (non-hydrogen) atoms. The zero-order chi connectivity index (χ0) is 27.8. The molecule has 6 nitrogen and oxygen atoms in total. The van der Waals surface area contributed by atoms with Crippen LogP contribution in [0.2, 0.25) is 0 Å². The van der Waals surface area contributed by atoms with E-state index in [4.69, 9.17) is 13.8 Å². The lowest BCUT2D eigenvalue weighted by Crippen LogP contribution is -2.30. The number of nitrogens with zero attached hydrogens (tertiary/aromatic N) is 1. The lowest BCUT2D eigenvalue weighted by molar-refractivity contribution is -0.683. The molecular formula is C31H45NO5PS+. The lowest BCUT2D eigenvalue weighted by Gasteiger charge is -2.14. The van der Waals surface area contributed by atoms with Crippen molar-refractivity contribution in [1.82, 2.24) is 0 Å². The maximum Gasteiger partial charge on any atom is 0.584 e. The van der Waals surface area contributed by atoms with Crippen molar-refractivity contribution in [3.63, 3.8) is 0 Å². The fourth-order valence-corrected chi connectivity index (χ4v) is 5.87. The molecule has 0 aliphatic carbocycles. The average Bonchev–Trinajstić information content (AvgIpc) is 3.32. The predicted octanol–water partition coefficient (Wildman–Crippen LogP) is 9.03. The molecule has 1 atom stereocenters. The summed E-state index contributed by atoms with van der Waals surface area (Å²) >= 11 is 1.69. The van der Waals surface area contributed by atoms with Crippen molar-refractivity contribution in [2.24, 2.45) is 0 Å². The fourth-order valence-electron chi connectivity index (χ4n) is 4.43. The molecule has 0 aliphatic heterocycles. The highest BCUT2D eigenvalue weighted by atomic mass is 32.1. The second-order valence-electron chi connectivity index (χ2n) is 10.1. The van der Waals surface area contributed by atoms with E-state index in [1.54, 1.807) is 41.7 Å². The summed E-state index contributed by atoms with van der Waals surface area (Å²) in [5.74, 6) is 1.12. The van der Waals surface area contributed by atoms with E-state index >= 15 is 0 Å². The number of rotatable bonds is 20. The molecule has 3 aromatic rings. The molecule has 0 amide bonds. The highest BCUT2D eigenvalue weighted by Gasteiger charge is 2.25. The van der Waals surface area contributed by atoms with Gasteiger partial charge in [-0.25, -0.2) is 4.57 Å². The topological polar surface area (TPSA) is 68.9 Å². The zero-order valence-corrected chi connectivity index (χ0v) is 25.3. The van der Waals surface area contributed by atoms with Crippen LogP contribution >= 0.6 is 19.2 Å². The first-order valence-corrected chi connectivity index (χ1v) is 16.8. The molecule has 214 valence electrons. The molecule has 3 rings (SSSR count). The number of thiazole rings is 1. The van der Waals surface area contributed by atoms with Gasteiger partial charge >= 0.3 is 7.82 Å². The Morgan fingerprint density at radius 1 is 0.795 bits per heavy atom. The number of aryl methyl sites for hydroxylation is 1. The Kier molecular flexibility index (Phi) is 13.9. The van der Waals surface area contributed by atoms with Crippen molar-refractivity contribution in [2.45, 2.75) is 97.4 Å². The fraction of sp³-hybridized carbons (Fsp3) is 0.516. The van der Waals surface area contributed by atoms with Gasteiger partial charge in [-0.15, -0.1) is 0 Å². The largest absolute Gasteiger partial charge is 0.584 e. The van der Waals surface area contributed by atoms with Gasteiger partial charge in [0.05, 0.1) is 11.5 Å². The summed E-state index contributed by atoms with van der Waals surface area (Å²) in [6.45, 7) is 5.67. The van der Waals surface area contributed by atoms with Gasteiger partial charge in [-0.3, -0.25) is 4.89 Å². The number of phosphoric acid groups is 1. The van der Waals surface area contributed by atoms with E-state index in [0.29, 0.717) is 12.4 Å². The molecule has 2 aromatic carbocycles. The summed E-state index contributed by atoms with van der Waals surface area (Å²) in [6, 6.07) is 13.9. The second kappa shape index (κ2) is 17.4. The molecule has 1 unspecified atom stereocenters. The first-order valence-electron chi connectivity index (χ1n) is 14.4. The summed E-state index contributed by atoms with van der Waals surface area (Å²) in [5, 5.41) is 0. The van der Waals surface area contributed by atoms with E-state index in [9.17, 15) is 9.46 Å². The molecule has 1 heterocycles. The molecule has 0 aliphatic rings. The van der Waals surface area contributed by atoms with Crippen molar-refractivity contribution in [3.8, 4) is 17.2 Å². The van der Waals surface area contributed by atoms with Crippen molar-refractivity contribution in [1.29, 1.82) is 0 Å². The number of benzene rings is 2. The third-order valence-electron chi connectivity index (χ3n) is 6.52. The van der Waals surface area contributed by atoms with E-state index < -0.39 is 7.82 Å². The summed E-state index contributed by atoms with van der Waals surface area (Å²) < 4.78 is 31.1. The minimum Gasteiger partial charge on any atom is -0.493 e. The van der Waals surface area contributed by atoms with Crippen LogP contribution in [-0.2, 0) is 11.1 Å². The number of unbranched alkanes of at least 4 members (excludes halogenated alkanes) is 11. The number of phosphoric ester groups is 1. The first kappa shape index (κ1) is 31.2. The van der Waals surface area contributed by atoms with Gasteiger partial charge in [-0.1, -0.05) is 95.0 Å². The van der Waals surface area contributed by atoms with Gasteiger partial charge in [-0.2, -0.15) is 4.57 Å². The van der Waals surface area contributed by atoms with Gasteiger partial charge in [0.15, 0.2) is 12.7 Å². The third-order valence-corrected chi connectivity index (χ3v) is 8.26. The number of aromatic nitrogens is 1. The van der Waals surface area contributed by atoms with Crippen molar-refractivity contribution in [2.75, 3.05) is 6.61 Å². The molecule has 0 spiro atoms. The van der Waals surface area contributed by atoms with E-state index in [-0.39, 0.29) is 11.5 Å². The highest BCUT2D eigenvalue weighted by molar-refractivity contribution is 7.48. The van der Waals surface area contributed by atoms with Crippen LogP contribution in [0.3, 0.4) is 0 Å². The maximum atomic E-state index is 12.6. The Labute approximate surface area is 238 Å². The summed E-state index contributed by atoms with van der Waals surface area (Å²) in [6.07, 6.45) is 17.7. The van der Waals surface area contributed by atoms with Crippen LogP contribution in [-0.4, -0.2) is 11.5 Å². The van der Waals surface area contributed by atoms with Crippen LogP contribution < -0.4 is 18.4 Å². The monoisotopic (exact) mass is 574 g/mol. The smallest absolute Gasteiger partial charge is 0.493 e. The van der Waals surface area contributed by atoms with Crippen LogP contribution in [0.15, 0.2) is 60.2 Å². The van der Waals surface area contributed by atoms with Gasteiger partial charge in [-0.05, 0) is 49.7 Å². The van der Waals surface area contributed by atoms with Gasteiger partial charge in [0.25, 0.3) is 0 Å². The van der Waals surface area contributed by atoms with Gasteiger partial charge < -0.3 is 13.8 Å². The van der Waals surface area contributed by atoms with E-state index in [1.165, 1.54) is 69.1 Å².